The van der Waals surface area contributed by atoms with Crippen LogP contribution < -0.4 is 10.2 Å². The van der Waals surface area contributed by atoms with Crippen molar-refractivity contribution in [3.8, 4) is 0 Å². The second-order valence-electron chi connectivity index (χ2n) is 11.9. The molecule has 0 radical (unpaired) electrons. The van der Waals surface area contributed by atoms with Gasteiger partial charge in [-0.15, -0.1) is 0 Å². The van der Waals surface area contributed by atoms with Crippen molar-refractivity contribution in [3.05, 3.63) is 77.1 Å². The largest absolute Gasteiger partial charge is 0.382 e. The molecule has 1 saturated carbocycles. The van der Waals surface area contributed by atoms with Gasteiger partial charge in [0.05, 0.1) is 16.7 Å². The SMILES string of the molecule is CCC(C)C1CC1.Cc1cc(NC2CCN(c3nc4ccccc4n3C(F)F)CC2)ccc1C(=N)C1=CC(F)=CCC1. The molecule has 2 N–H and O–H groups in total. The third-order valence-electron chi connectivity index (χ3n) is 8.87. The number of aryl methyl sites for hydroxylation is 1. The highest BCUT2D eigenvalue weighted by Crippen LogP contribution is 2.37. The lowest BCUT2D eigenvalue weighted by Gasteiger charge is -2.33. The summed E-state index contributed by atoms with van der Waals surface area (Å²) in [4.78, 5) is 6.42. The molecular formula is C34H42F3N5. The zero-order valence-electron chi connectivity index (χ0n) is 24.8. The summed E-state index contributed by atoms with van der Waals surface area (Å²) in [5, 5.41) is 12.1. The molecule has 1 aliphatic heterocycles. The number of halogens is 3. The van der Waals surface area contributed by atoms with Gasteiger partial charge in [0.15, 0.2) is 0 Å². The van der Waals surface area contributed by atoms with E-state index in [0.29, 0.717) is 48.6 Å². The summed E-state index contributed by atoms with van der Waals surface area (Å²) in [6.07, 6.45) is 10.3. The number of rotatable bonds is 8. The Balaban J connectivity index is 0.000000442. The Labute approximate surface area is 247 Å². The van der Waals surface area contributed by atoms with Crippen molar-refractivity contribution < 1.29 is 13.2 Å². The van der Waals surface area contributed by atoms with E-state index in [9.17, 15) is 13.2 Å². The van der Waals surface area contributed by atoms with Crippen molar-refractivity contribution in [1.82, 2.24) is 9.55 Å². The van der Waals surface area contributed by atoms with Crippen LogP contribution in [0.3, 0.4) is 0 Å². The Morgan fingerprint density at radius 2 is 1.83 bits per heavy atom. The molecule has 1 saturated heterocycles. The number of nitrogens with zero attached hydrogens (tertiary/aromatic N) is 3. The van der Waals surface area contributed by atoms with Gasteiger partial charge in [0, 0.05) is 30.4 Å². The number of fused-ring (bicyclic) bond motifs is 1. The lowest BCUT2D eigenvalue weighted by Crippen LogP contribution is -2.40. The number of anilines is 2. The minimum absolute atomic E-state index is 0.209. The van der Waals surface area contributed by atoms with Gasteiger partial charge in [-0.3, -0.25) is 9.98 Å². The molecule has 2 aliphatic carbocycles. The summed E-state index contributed by atoms with van der Waals surface area (Å²) < 4.78 is 42.3. The fourth-order valence-electron chi connectivity index (χ4n) is 5.97. The van der Waals surface area contributed by atoms with Crippen LogP contribution in [0.1, 0.15) is 76.5 Å². The van der Waals surface area contributed by atoms with Crippen molar-refractivity contribution >= 4 is 28.4 Å². The summed E-state index contributed by atoms with van der Waals surface area (Å²) >= 11 is 0. The number of alkyl halides is 2. The lowest BCUT2D eigenvalue weighted by atomic mass is 9.92. The van der Waals surface area contributed by atoms with Crippen LogP contribution in [0.15, 0.2) is 66.0 Å². The van der Waals surface area contributed by atoms with Crippen molar-refractivity contribution in [2.45, 2.75) is 78.3 Å². The summed E-state index contributed by atoms with van der Waals surface area (Å²) in [5.74, 6) is 2.18. The molecule has 5 nitrogen and oxygen atoms in total. The van der Waals surface area contributed by atoms with E-state index in [-0.39, 0.29) is 11.9 Å². The van der Waals surface area contributed by atoms with Crippen molar-refractivity contribution in [2.75, 3.05) is 23.3 Å². The summed E-state index contributed by atoms with van der Waals surface area (Å²) in [6.45, 7) is 5.21. The number of piperidine rings is 1. The van der Waals surface area contributed by atoms with Crippen LogP contribution in [0.4, 0.5) is 24.8 Å². The predicted molar refractivity (Wildman–Crippen MR) is 167 cm³/mol. The molecule has 3 aromatic rings. The summed E-state index contributed by atoms with van der Waals surface area (Å²) in [6, 6.07) is 13.1. The first-order valence-corrected chi connectivity index (χ1v) is 15.3. The number of aromatic nitrogens is 2. The zero-order chi connectivity index (χ0) is 29.8. The van der Waals surface area contributed by atoms with E-state index >= 15 is 0 Å². The van der Waals surface area contributed by atoms with Gasteiger partial charge < -0.3 is 10.2 Å². The van der Waals surface area contributed by atoms with E-state index in [2.05, 4.69) is 24.1 Å². The standard InChI is InChI=1S/C27H28F3N5.C7H14/c1-17-15-21(9-10-22(17)25(31)18-5-4-6-19(28)16-18)32-20-11-13-34(14-12-20)27-33-23-7-2-3-8-24(23)35(27)26(29)30;1-3-6(2)7-4-5-7/h2-3,6-10,15-16,20,26,31-32H,4-5,11-14H2,1H3;6-7H,3-5H2,1-2H3. The van der Waals surface area contributed by atoms with Gasteiger partial charge in [-0.05, 0) is 105 Å². The van der Waals surface area contributed by atoms with Crippen molar-refractivity contribution in [2.24, 2.45) is 11.8 Å². The van der Waals surface area contributed by atoms with Crippen molar-refractivity contribution in [1.29, 1.82) is 5.41 Å². The minimum atomic E-state index is -2.65. The number of benzene rings is 2. The van der Waals surface area contributed by atoms with E-state index in [1.54, 1.807) is 30.3 Å². The number of hydrogen-bond donors (Lipinski definition) is 2. The topological polar surface area (TPSA) is 56.9 Å². The van der Waals surface area contributed by atoms with Crippen LogP contribution in [-0.2, 0) is 0 Å². The maximum absolute atomic E-state index is 13.8. The molecule has 0 spiro atoms. The monoisotopic (exact) mass is 577 g/mol. The van der Waals surface area contributed by atoms with E-state index in [4.69, 9.17) is 5.41 Å². The van der Waals surface area contributed by atoms with Gasteiger partial charge in [0.2, 0.25) is 5.95 Å². The van der Waals surface area contributed by atoms with Crippen LogP contribution in [0, 0.1) is 24.2 Å². The molecule has 3 aliphatic rings. The second kappa shape index (κ2) is 13.2. The van der Waals surface area contributed by atoms with E-state index in [0.717, 1.165) is 51.6 Å². The number of allylic oxidation sites excluding steroid dienone is 4. The number of hydrogen-bond acceptors (Lipinski definition) is 4. The molecule has 8 heteroatoms. The molecule has 2 fully saturated rings. The molecule has 0 bridgehead atoms. The smallest absolute Gasteiger partial charge is 0.321 e. The molecule has 1 atom stereocenters. The fraction of sp³-hybridized carbons (Fsp3) is 0.471. The van der Waals surface area contributed by atoms with Crippen LogP contribution in [-0.4, -0.2) is 34.4 Å². The molecule has 1 aromatic heterocycles. The summed E-state index contributed by atoms with van der Waals surface area (Å²) in [5.41, 5.74) is 4.83. The van der Waals surface area contributed by atoms with Gasteiger partial charge in [-0.25, -0.2) is 9.37 Å². The third-order valence-corrected chi connectivity index (χ3v) is 8.87. The normalized spacial score (nSPS) is 18.3. The van der Waals surface area contributed by atoms with E-state index in [1.807, 2.05) is 30.0 Å². The Kier molecular flexibility index (Phi) is 9.39. The Morgan fingerprint density at radius 1 is 1.10 bits per heavy atom. The molecule has 1 unspecified atom stereocenters. The lowest BCUT2D eigenvalue weighted by molar-refractivity contribution is 0.0757. The second-order valence-corrected chi connectivity index (χ2v) is 11.9. The first-order chi connectivity index (χ1) is 20.2. The average Bonchev–Trinajstić information content (AvgIpc) is 3.77. The highest BCUT2D eigenvalue weighted by Gasteiger charge is 2.27. The van der Waals surface area contributed by atoms with Gasteiger partial charge >= 0.3 is 6.55 Å². The van der Waals surface area contributed by atoms with Crippen LogP contribution in [0.2, 0.25) is 0 Å². The maximum Gasteiger partial charge on any atom is 0.321 e. The van der Waals surface area contributed by atoms with Crippen LogP contribution in [0.25, 0.3) is 11.0 Å². The maximum atomic E-state index is 13.8. The molecule has 0 amide bonds. The third kappa shape index (κ3) is 6.90. The summed E-state index contributed by atoms with van der Waals surface area (Å²) in [7, 11) is 0. The molecular weight excluding hydrogens is 535 g/mol. The van der Waals surface area contributed by atoms with Crippen LogP contribution >= 0.6 is 0 Å². The molecule has 2 heterocycles. The Bertz CT molecular complexity index is 1460. The van der Waals surface area contributed by atoms with Gasteiger partial charge in [0.1, 0.15) is 5.83 Å². The molecule has 2 aromatic carbocycles. The number of para-hydroxylation sites is 2. The van der Waals surface area contributed by atoms with Gasteiger partial charge in [-0.2, -0.15) is 8.78 Å². The highest BCUT2D eigenvalue weighted by atomic mass is 19.3. The van der Waals surface area contributed by atoms with Gasteiger partial charge in [-0.1, -0.05) is 38.5 Å². The average molecular weight is 578 g/mol. The van der Waals surface area contributed by atoms with E-state index < -0.39 is 6.55 Å². The van der Waals surface area contributed by atoms with E-state index in [1.165, 1.54) is 25.3 Å². The Morgan fingerprint density at radius 3 is 2.45 bits per heavy atom. The number of nitrogens with one attached hydrogen (secondary N) is 2. The quantitative estimate of drug-likeness (QED) is 0.263. The van der Waals surface area contributed by atoms with Gasteiger partial charge in [0.25, 0.3) is 0 Å². The first kappa shape index (κ1) is 29.9. The van der Waals surface area contributed by atoms with Crippen LogP contribution in [0.5, 0.6) is 0 Å². The predicted octanol–water partition coefficient (Wildman–Crippen LogP) is 9.20. The molecule has 224 valence electrons. The fourth-order valence-corrected chi connectivity index (χ4v) is 5.97. The first-order valence-electron chi connectivity index (χ1n) is 15.3. The molecule has 6 rings (SSSR count). The molecule has 42 heavy (non-hydrogen) atoms. The number of imidazole rings is 1. The Hall–Kier alpha value is -3.55. The highest BCUT2D eigenvalue weighted by molar-refractivity contribution is 6.12. The van der Waals surface area contributed by atoms with Crippen molar-refractivity contribution in [3.63, 3.8) is 0 Å². The zero-order valence-corrected chi connectivity index (χ0v) is 24.8. The minimum Gasteiger partial charge on any atom is -0.382 e.